The summed E-state index contributed by atoms with van der Waals surface area (Å²) in [5.41, 5.74) is -0.389. The van der Waals surface area contributed by atoms with E-state index in [0.717, 1.165) is 30.0 Å². The second-order valence-corrected chi connectivity index (χ2v) is 14.5. The summed E-state index contributed by atoms with van der Waals surface area (Å²) in [6.45, 7) is 10.6. The minimum Gasteiger partial charge on any atom is -0.461 e. The molecule has 0 heterocycles. The molecular formula is C36H49N5O12S. The van der Waals surface area contributed by atoms with Gasteiger partial charge in [-0.3, -0.25) is 34.6 Å². The van der Waals surface area contributed by atoms with Crippen molar-refractivity contribution in [1.29, 1.82) is 0 Å². The lowest BCUT2D eigenvalue weighted by atomic mass is 10.1. The van der Waals surface area contributed by atoms with Gasteiger partial charge in [0.25, 0.3) is 11.4 Å². The fourth-order valence-electron chi connectivity index (χ4n) is 5.19. The number of carbonyl (C=O) groups is 5. The van der Waals surface area contributed by atoms with E-state index in [1.54, 1.807) is 44.2 Å². The Hall–Kier alpha value is -5.26. The van der Waals surface area contributed by atoms with Crippen molar-refractivity contribution in [1.82, 2.24) is 16.0 Å². The number of amides is 3. The van der Waals surface area contributed by atoms with E-state index < -0.39 is 88.3 Å². The topological polar surface area (TPSA) is 235 Å². The van der Waals surface area contributed by atoms with Gasteiger partial charge in [-0.15, -0.1) is 11.8 Å². The van der Waals surface area contributed by atoms with Crippen LogP contribution in [-0.2, 0) is 40.0 Å². The summed E-state index contributed by atoms with van der Waals surface area (Å²) in [7, 11) is 0. The van der Waals surface area contributed by atoms with Gasteiger partial charge in [-0.05, 0) is 56.6 Å². The summed E-state index contributed by atoms with van der Waals surface area (Å²) in [6.07, 6.45) is -1.35. The van der Waals surface area contributed by atoms with E-state index in [9.17, 15) is 44.2 Å². The van der Waals surface area contributed by atoms with Crippen molar-refractivity contribution in [3.8, 4) is 0 Å². The van der Waals surface area contributed by atoms with Gasteiger partial charge in [0, 0.05) is 18.2 Å². The number of esters is 2. The number of non-ortho nitro benzene ring substituents is 1. The summed E-state index contributed by atoms with van der Waals surface area (Å²) in [5.74, 6) is -2.92. The zero-order valence-corrected chi connectivity index (χ0v) is 32.1. The van der Waals surface area contributed by atoms with E-state index in [0.29, 0.717) is 18.4 Å². The maximum absolute atomic E-state index is 13.3. The summed E-state index contributed by atoms with van der Waals surface area (Å²) in [5, 5.41) is 30.3. The van der Waals surface area contributed by atoms with Gasteiger partial charge >= 0.3 is 18.0 Å². The minimum absolute atomic E-state index is 0.0175. The van der Waals surface area contributed by atoms with Crippen LogP contribution in [0.2, 0.25) is 0 Å². The van der Waals surface area contributed by atoms with Crippen molar-refractivity contribution in [2.75, 3.05) is 12.3 Å². The van der Waals surface area contributed by atoms with Crippen molar-refractivity contribution in [2.45, 2.75) is 103 Å². The minimum atomic E-state index is -1.38. The number of nitrogens with one attached hydrogen (secondary N) is 3. The normalized spacial score (nSPS) is 13.2. The zero-order chi connectivity index (χ0) is 40.4. The Morgan fingerprint density at radius 3 is 2.02 bits per heavy atom. The molecule has 0 aliphatic rings. The molecule has 2 aromatic carbocycles. The Balaban J connectivity index is 2.21. The van der Waals surface area contributed by atoms with E-state index >= 15 is 0 Å². The van der Waals surface area contributed by atoms with Gasteiger partial charge in [0.2, 0.25) is 11.8 Å². The molecule has 3 amide bonds. The van der Waals surface area contributed by atoms with E-state index in [1.165, 1.54) is 0 Å². The third-order valence-corrected chi connectivity index (χ3v) is 8.68. The first-order valence-electron chi connectivity index (χ1n) is 17.4. The van der Waals surface area contributed by atoms with Gasteiger partial charge in [-0.25, -0.2) is 9.59 Å². The molecule has 2 unspecified atom stereocenters. The van der Waals surface area contributed by atoms with Gasteiger partial charge in [-0.2, -0.15) is 0 Å². The summed E-state index contributed by atoms with van der Waals surface area (Å²) in [4.78, 5) is 86.1. The molecule has 0 saturated heterocycles. The van der Waals surface area contributed by atoms with Gasteiger partial charge in [0.05, 0.1) is 33.0 Å². The number of hydrogen-bond donors (Lipinski definition) is 3. The predicted octanol–water partition coefficient (Wildman–Crippen LogP) is 5.23. The predicted molar refractivity (Wildman–Crippen MR) is 198 cm³/mol. The highest BCUT2D eigenvalue weighted by molar-refractivity contribution is 7.99. The quantitative estimate of drug-likeness (QED) is 0.0458. The number of nitro groups is 2. The molecule has 2 rings (SSSR count). The highest BCUT2D eigenvalue weighted by Crippen LogP contribution is 2.33. The number of alkyl carbamates (subject to hydrolysis) is 1. The van der Waals surface area contributed by atoms with Crippen LogP contribution in [0.4, 0.5) is 16.2 Å². The van der Waals surface area contributed by atoms with Crippen molar-refractivity contribution in [3.63, 3.8) is 0 Å². The molecule has 0 fully saturated rings. The highest BCUT2D eigenvalue weighted by atomic mass is 32.2. The van der Waals surface area contributed by atoms with E-state index in [-0.39, 0.29) is 35.5 Å². The van der Waals surface area contributed by atoms with Crippen LogP contribution in [0.1, 0.15) is 72.8 Å². The number of carbonyl (C=O) groups excluding carboxylic acids is 5. The molecule has 0 saturated carbocycles. The molecule has 0 bridgehead atoms. The molecule has 2 aromatic rings. The molecule has 0 spiro atoms. The van der Waals surface area contributed by atoms with Gasteiger partial charge in [0.1, 0.15) is 25.2 Å². The van der Waals surface area contributed by atoms with Crippen molar-refractivity contribution >= 4 is 53.0 Å². The summed E-state index contributed by atoms with van der Waals surface area (Å²) < 4.78 is 16.1. The average Bonchev–Trinajstić information content (AvgIpc) is 3.09. The lowest BCUT2D eigenvalue weighted by molar-refractivity contribution is -0.396. The molecule has 4 atom stereocenters. The van der Waals surface area contributed by atoms with Gasteiger partial charge in [0.15, 0.2) is 0 Å². The number of hydrogen-bond acceptors (Lipinski definition) is 13. The standard InChI is InChI=1S/C36H49N5O12S/c1-22(2)16-24(5)52-33(43)19-37-34(44)29(21-54-31-14-12-27(40(47)48)18-30(31)41(49)50)38-32(42)15-13-28(35(45)53-25(6)17-23(3)4)39-36(46)51-20-26-10-8-7-9-11-26/h7-12,14,18,22-25,28-29H,13,15-17,19-21H2,1-6H3,(H,37,44)(H,38,42)(H,39,46)/t24?,25?,28-,29-/m0/s1. The molecule has 0 aliphatic carbocycles. The zero-order valence-electron chi connectivity index (χ0n) is 31.2. The molecule has 296 valence electrons. The van der Waals surface area contributed by atoms with Crippen LogP contribution in [0.25, 0.3) is 0 Å². The molecule has 0 radical (unpaired) electrons. The summed E-state index contributed by atoms with van der Waals surface area (Å²) in [6, 6.07) is 9.16. The molecule has 17 nitrogen and oxygen atoms in total. The molecule has 0 aliphatic heterocycles. The first-order chi connectivity index (χ1) is 25.4. The molecule has 54 heavy (non-hydrogen) atoms. The Morgan fingerprint density at radius 2 is 1.43 bits per heavy atom. The van der Waals surface area contributed by atoms with Crippen LogP contribution in [0.5, 0.6) is 0 Å². The van der Waals surface area contributed by atoms with E-state index in [2.05, 4.69) is 16.0 Å². The van der Waals surface area contributed by atoms with Crippen molar-refractivity contribution in [2.24, 2.45) is 11.8 Å². The number of ether oxygens (including phenoxy) is 3. The Morgan fingerprint density at radius 1 is 0.796 bits per heavy atom. The Kier molecular flexibility index (Phi) is 18.9. The van der Waals surface area contributed by atoms with Crippen molar-refractivity contribution in [3.05, 3.63) is 74.3 Å². The lowest BCUT2D eigenvalue weighted by Gasteiger charge is -2.22. The van der Waals surface area contributed by atoms with Crippen LogP contribution in [0.15, 0.2) is 53.4 Å². The van der Waals surface area contributed by atoms with Crippen molar-refractivity contribution < 1.29 is 48.0 Å². The third kappa shape index (κ3) is 17.0. The summed E-state index contributed by atoms with van der Waals surface area (Å²) >= 11 is 0.775. The van der Waals surface area contributed by atoms with E-state index in [4.69, 9.17) is 14.2 Å². The Labute approximate surface area is 317 Å². The smallest absolute Gasteiger partial charge is 0.408 e. The first kappa shape index (κ1) is 44.9. The second kappa shape index (κ2) is 22.7. The Bertz CT molecular complexity index is 1610. The lowest BCUT2D eigenvalue weighted by Crippen LogP contribution is -2.50. The molecule has 3 N–H and O–H groups in total. The fourth-order valence-corrected chi connectivity index (χ4v) is 6.22. The van der Waals surface area contributed by atoms with Crippen LogP contribution < -0.4 is 16.0 Å². The number of benzene rings is 2. The van der Waals surface area contributed by atoms with Gasteiger partial charge < -0.3 is 30.2 Å². The second-order valence-electron chi connectivity index (χ2n) is 13.4. The molecule has 18 heteroatoms. The van der Waals surface area contributed by atoms with Crippen LogP contribution in [-0.4, -0.2) is 76.3 Å². The molecular weight excluding hydrogens is 726 g/mol. The third-order valence-electron chi connectivity index (χ3n) is 7.52. The van der Waals surface area contributed by atoms with Crippen LogP contribution in [0, 0.1) is 32.1 Å². The maximum atomic E-state index is 13.3. The SMILES string of the molecule is CC(C)CC(C)OC(=O)CNC(=O)[C@H](CSc1ccc([N+](=O)[O-])cc1[N+](=O)[O-])NC(=O)CC[C@H](NC(=O)OCc1ccccc1)C(=O)OC(C)CC(C)C. The largest absolute Gasteiger partial charge is 0.461 e. The maximum Gasteiger partial charge on any atom is 0.408 e. The monoisotopic (exact) mass is 775 g/mol. The number of nitro benzene ring substituents is 2. The number of nitrogens with zero attached hydrogens (tertiary/aromatic N) is 2. The first-order valence-corrected chi connectivity index (χ1v) is 18.4. The van der Waals surface area contributed by atoms with Gasteiger partial charge in [-0.1, -0.05) is 58.0 Å². The number of rotatable bonds is 22. The van der Waals surface area contributed by atoms with Crippen LogP contribution in [0.3, 0.4) is 0 Å². The fraction of sp³-hybridized carbons (Fsp3) is 0.528. The van der Waals surface area contributed by atoms with Crippen LogP contribution >= 0.6 is 11.8 Å². The highest BCUT2D eigenvalue weighted by Gasteiger charge is 2.29. The van der Waals surface area contributed by atoms with E-state index in [1.807, 2.05) is 27.7 Å². The average molecular weight is 776 g/mol. The number of thioether (sulfide) groups is 1. The molecule has 0 aromatic heterocycles.